The third kappa shape index (κ3) is 2.78. The van der Waals surface area contributed by atoms with Crippen molar-refractivity contribution in [1.29, 1.82) is 0 Å². The molecule has 1 aliphatic heterocycles. The van der Waals surface area contributed by atoms with Gasteiger partial charge < -0.3 is 9.84 Å². The first-order chi connectivity index (χ1) is 7.61. The second kappa shape index (κ2) is 5.05. The predicted octanol–water partition coefficient (Wildman–Crippen LogP) is 3.28. The molecule has 1 heterocycles. The van der Waals surface area contributed by atoms with E-state index >= 15 is 0 Å². The van der Waals surface area contributed by atoms with Crippen molar-refractivity contribution in [3.63, 3.8) is 0 Å². The number of hydrogen-bond acceptors (Lipinski definition) is 2. The molecule has 16 heavy (non-hydrogen) atoms. The minimum atomic E-state index is -0.202. The van der Waals surface area contributed by atoms with Gasteiger partial charge in [-0.2, -0.15) is 0 Å². The number of aliphatic hydroxyl groups is 1. The van der Waals surface area contributed by atoms with Gasteiger partial charge in [0.15, 0.2) is 0 Å². The van der Waals surface area contributed by atoms with Crippen LogP contribution in [0.1, 0.15) is 65.2 Å². The maximum atomic E-state index is 9.53. The molecule has 0 bridgehead atoms. The zero-order chi connectivity index (χ0) is 11.6. The molecule has 0 amide bonds. The molecule has 1 spiro atoms. The average Bonchev–Trinajstić information content (AvgIpc) is 2.62. The maximum absolute atomic E-state index is 9.53. The van der Waals surface area contributed by atoms with Gasteiger partial charge in [0.1, 0.15) is 0 Å². The summed E-state index contributed by atoms with van der Waals surface area (Å²) >= 11 is 0. The first kappa shape index (κ1) is 12.4. The van der Waals surface area contributed by atoms with E-state index in [1.54, 1.807) is 0 Å². The van der Waals surface area contributed by atoms with E-state index in [1.807, 2.05) is 6.92 Å². The molecule has 3 unspecified atom stereocenters. The van der Waals surface area contributed by atoms with E-state index in [4.69, 9.17) is 4.74 Å². The van der Waals surface area contributed by atoms with Gasteiger partial charge in [0.2, 0.25) is 0 Å². The smallest absolute Gasteiger partial charge is 0.0687 e. The number of ether oxygens (including phenoxy) is 1. The largest absolute Gasteiger partial charge is 0.393 e. The summed E-state index contributed by atoms with van der Waals surface area (Å²) in [5.74, 6) is 0.365. The fourth-order valence-electron chi connectivity index (χ4n) is 3.24. The molecule has 1 aliphatic carbocycles. The van der Waals surface area contributed by atoms with E-state index in [1.165, 1.54) is 44.9 Å². The first-order valence-electron chi connectivity index (χ1n) is 6.97. The number of rotatable bonds is 3. The molecule has 94 valence electrons. The number of hydrogen-bond donors (Lipinski definition) is 1. The van der Waals surface area contributed by atoms with Crippen molar-refractivity contribution in [2.45, 2.75) is 83.0 Å². The lowest BCUT2D eigenvalue weighted by Gasteiger charge is -2.33. The molecule has 2 heteroatoms. The minimum Gasteiger partial charge on any atom is -0.393 e. The molecule has 1 N–H and O–H groups in total. The van der Waals surface area contributed by atoms with Crippen LogP contribution in [-0.4, -0.2) is 22.9 Å². The van der Waals surface area contributed by atoms with Crippen LogP contribution in [0.4, 0.5) is 0 Å². The standard InChI is InChI=1S/C14H26O2/c1-11(12(2)15)10-13-6-9-14(16-13)7-4-3-5-8-14/h11-13,15H,3-10H2,1-2H3. The van der Waals surface area contributed by atoms with Gasteiger partial charge in [-0.15, -0.1) is 0 Å². The third-order valence-corrected chi connectivity index (χ3v) is 4.56. The van der Waals surface area contributed by atoms with Crippen LogP contribution in [0, 0.1) is 5.92 Å². The van der Waals surface area contributed by atoms with Crippen LogP contribution in [-0.2, 0) is 4.74 Å². The van der Waals surface area contributed by atoms with Crippen molar-refractivity contribution in [3.8, 4) is 0 Å². The minimum absolute atomic E-state index is 0.202. The summed E-state index contributed by atoms with van der Waals surface area (Å²) in [5, 5.41) is 9.53. The summed E-state index contributed by atoms with van der Waals surface area (Å²) in [4.78, 5) is 0. The van der Waals surface area contributed by atoms with Crippen molar-refractivity contribution in [2.24, 2.45) is 5.92 Å². The normalized spacial score (nSPS) is 32.8. The molecule has 2 aliphatic rings. The van der Waals surface area contributed by atoms with Crippen LogP contribution in [0.25, 0.3) is 0 Å². The van der Waals surface area contributed by atoms with Crippen LogP contribution in [0.15, 0.2) is 0 Å². The predicted molar refractivity (Wildman–Crippen MR) is 65.4 cm³/mol. The summed E-state index contributed by atoms with van der Waals surface area (Å²) < 4.78 is 6.30. The van der Waals surface area contributed by atoms with Gasteiger partial charge in [0.05, 0.1) is 17.8 Å². The molecule has 0 aromatic carbocycles. The second-order valence-corrected chi connectivity index (χ2v) is 5.98. The summed E-state index contributed by atoms with van der Waals surface area (Å²) in [6.07, 6.45) is 10.3. The highest BCUT2D eigenvalue weighted by atomic mass is 16.5. The molecule has 0 aromatic heterocycles. The lowest BCUT2D eigenvalue weighted by molar-refractivity contribution is -0.0735. The van der Waals surface area contributed by atoms with Gasteiger partial charge in [-0.05, 0) is 44.9 Å². The summed E-state index contributed by atoms with van der Waals surface area (Å²) in [7, 11) is 0. The average molecular weight is 226 g/mol. The topological polar surface area (TPSA) is 29.5 Å². The Labute approximate surface area is 99.4 Å². The zero-order valence-corrected chi connectivity index (χ0v) is 10.7. The first-order valence-corrected chi connectivity index (χ1v) is 6.97. The molecular weight excluding hydrogens is 200 g/mol. The Bertz CT molecular complexity index is 219. The molecule has 1 saturated carbocycles. The molecular formula is C14H26O2. The molecule has 1 saturated heterocycles. The molecule has 2 rings (SSSR count). The van der Waals surface area contributed by atoms with Crippen LogP contribution in [0.5, 0.6) is 0 Å². The summed E-state index contributed by atoms with van der Waals surface area (Å²) in [6.45, 7) is 4.01. The highest BCUT2D eigenvalue weighted by molar-refractivity contribution is 4.91. The molecule has 3 atom stereocenters. The number of aliphatic hydroxyl groups excluding tert-OH is 1. The summed E-state index contributed by atoms with van der Waals surface area (Å²) in [5.41, 5.74) is 0.237. The van der Waals surface area contributed by atoms with E-state index in [9.17, 15) is 5.11 Å². The van der Waals surface area contributed by atoms with E-state index in [2.05, 4.69) is 6.92 Å². The van der Waals surface area contributed by atoms with E-state index in [0.29, 0.717) is 12.0 Å². The fraction of sp³-hybridized carbons (Fsp3) is 1.00. The van der Waals surface area contributed by atoms with E-state index in [0.717, 1.165) is 6.42 Å². The van der Waals surface area contributed by atoms with Crippen molar-refractivity contribution >= 4 is 0 Å². The summed E-state index contributed by atoms with van der Waals surface area (Å²) in [6, 6.07) is 0. The molecule has 0 radical (unpaired) electrons. The fourth-order valence-corrected chi connectivity index (χ4v) is 3.24. The van der Waals surface area contributed by atoms with Gasteiger partial charge in [0.25, 0.3) is 0 Å². The Morgan fingerprint density at radius 3 is 2.50 bits per heavy atom. The zero-order valence-electron chi connectivity index (χ0n) is 10.7. The lowest BCUT2D eigenvalue weighted by Crippen LogP contribution is -2.32. The van der Waals surface area contributed by atoms with Crippen molar-refractivity contribution in [3.05, 3.63) is 0 Å². The van der Waals surface area contributed by atoms with Gasteiger partial charge in [-0.3, -0.25) is 0 Å². The van der Waals surface area contributed by atoms with Crippen LogP contribution in [0.3, 0.4) is 0 Å². The Hall–Kier alpha value is -0.0800. The van der Waals surface area contributed by atoms with Crippen molar-refractivity contribution < 1.29 is 9.84 Å². The van der Waals surface area contributed by atoms with Crippen molar-refractivity contribution in [2.75, 3.05) is 0 Å². The Morgan fingerprint density at radius 1 is 1.19 bits per heavy atom. The molecule has 2 nitrogen and oxygen atoms in total. The van der Waals surface area contributed by atoms with Gasteiger partial charge in [0, 0.05) is 0 Å². The Balaban J connectivity index is 1.83. The monoisotopic (exact) mass is 226 g/mol. The van der Waals surface area contributed by atoms with Crippen LogP contribution < -0.4 is 0 Å². The maximum Gasteiger partial charge on any atom is 0.0687 e. The van der Waals surface area contributed by atoms with Crippen molar-refractivity contribution in [1.82, 2.24) is 0 Å². The van der Waals surface area contributed by atoms with Crippen LogP contribution in [0.2, 0.25) is 0 Å². The van der Waals surface area contributed by atoms with E-state index in [-0.39, 0.29) is 11.7 Å². The Kier molecular flexibility index (Phi) is 3.91. The SMILES string of the molecule is CC(O)C(C)CC1CCC2(CCCCC2)O1. The molecule has 0 aromatic rings. The van der Waals surface area contributed by atoms with Gasteiger partial charge in [-0.25, -0.2) is 0 Å². The molecule has 2 fully saturated rings. The highest BCUT2D eigenvalue weighted by Crippen LogP contribution is 2.43. The highest BCUT2D eigenvalue weighted by Gasteiger charge is 2.41. The quantitative estimate of drug-likeness (QED) is 0.800. The lowest BCUT2D eigenvalue weighted by atomic mass is 9.83. The van der Waals surface area contributed by atoms with Gasteiger partial charge >= 0.3 is 0 Å². The third-order valence-electron chi connectivity index (χ3n) is 4.56. The van der Waals surface area contributed by atoms with E-state index < -0.39 is 0 Å². The Morgan fingerprint density at radius 2 is 1.88 bits per heavy atom. The second-order valence-electron chi connectivity index (χ2n) is 5.98. The van der Waals surface area contributed by atoms with Crippen LogP contribution >= 0.6 is 0 Å². The van der Waals surface area contributed by atoms with Gasteiger partial charge in [-0.1, -0.05) is 26.2 Å².